The summed E-state index contributed by atoms with van der Waals surface area (Å²) in [6, 6.07) is 6.40. The number of aromatic amines is 1. The Bertz CT molecular complexity index is 1350. The monoisotopic (exact) mass is 437 g/mol. The summed E-state index contributed by atoms with van der Waals surface area (Å²) in [6.45, 7) is 0. The van der Waals surface area contributed by atoms with Crippen molar-refractivity contribution in [3.8, 4) is 5.69 Å². The van der Waals surface area contributed by atoms with Crippen LogP contribution >= 0.6 is 11.8 Å². The van der Waals surface area contributed by atoms with Gasteiger partial charge in [-0.05, 0) is 5.56 Å². The number of aromatic nitrogens is 5. The fraction of sp³-hybridized carbons (Fsp3) is 0.111. The van der Waals surface area contributed by atoms with E-state index in [9.17, 15) is 27.2 Å². The Morgan fingerprint density at radius 1 is 1.10 bits per heavy atom. The summed E-state index contributed by atoms with van der Waals surface area (Å²) in [7, 11) is 0. The standard InChI is InChI=1S/C18H11F4N5O2S/c19-12-5-11(6-23-16(12)28)26-17(29)14-13(20)7-24-27(14)25-18(26)30-8-9-1-3-10(4-2-9)15(21)22/h1-7,15H,8H2,(H,23,28). The van der Waals surface area contributed by atoms with Crippen LogP contribution in [0.3, 0.4) is 0 Å². The molecule has 0 spiro atoms. The van der Waals surface area contributed by atoms with Gasteiger partial charge in [0.1, 0.15) is 0 Å². The minimum absolute atomic E-state index is 0.0278. The fourth-order valence-electron chi connectivity index (χ4n) is 2.70. The number of pyridine rings is 1. The molecule has 3 aromatic heterocycles. The summed E-state index contributed by atoms with van der Waals surface area (Å²) < 4.78 is 54.9. The molecule has 0 unspecified atom stereocenters. The highest BCUT2D eigenvalue weighted by Crippen LogP contribution is 2.25. The van der Waals surface area contributed by atoms with E-state index in [-0.39, 0.29) is 22.2 Å². The zero-order valence-electron chi connectivity index (χ0n) is 14.9. The summed E-state index contributed by atoms with van der Waals surface area (Å²) in [4.78, 5) is 26.3. The van der Waals surface area contributed by atoms with Crippen LogP contribution in [0.4, 0.5) is 17.6 Å². The van der Waals surface area contributed by atoms with Crippen molar-refractivity contribution in [2.75, 3.05) is 0 Å². The molecule has 1 aromatic carbocycles. The van der Waals surface area contributed by atoms with Gasteiger partial charge in [-0.15, -0.1) is 9.73 Å². The van der Waals surface area contributed by atoms with Crippen molar-refractivity contribution in [1.29, 1.82) is 0 Å². The third-order valence-corrected chi connectivity index (χ3v) is 5.18. The Kier molecular flexibility index (Phi) is 5.16. The van der Waals surface area contributed by atoms with Crippen LogP contribution in [-0.2, 0) is 5.75 Å². The molecule has 0 atom stereocenters. The zero-order valence-corrected chi connectivity index (χ0v) is 15.7. The molecule has 4 aromatic rings. The molecule has 154 valence electrons. The lowest BCUT2D eigenvalue weighted by atomic mass is 10.2. The van der Waals surface area contributed by atoms with E-state index in [1.165, 1.54) is 24.3 Å². The number of hydrogen-bond acceptors (Lipinski definition) is 5. The molecule has 0 amide bonds. The number of H-pyrrole nitrogens is 1. The van der Waals surface area contributed by atoms with Crippen LogP contribution in [0.2, 0.25) is 0 Å². The average molecular weight is 437 g/mol. The smallest absolute Gasteiger partial charge is 0.288 e. The van der Waals surface area contributed by atoms with Gasteiger partial charge in [0.25, 0.3) is 17.5 Å². The molecular weight excluding hydrogens is 426 g/mol. The number of benzene rings is 1. The predicted octanol–water partition coefficient (Wildman–Crippen LogP) is 3.08. The van der Waals surface area contributed by atoms with Crippen LogP contribution in [0.1, 0.15) is 17.6 Å². The highest BCUT2D eigenvalue weighted by atomic mass is 32.2. The summed E-state index contributed by atoms with van der Waals surface area (Å²) in [5.41, 5.74) is -1.83. The van der Waals surface area contributed by atoms with Crippen LogP contribution in [0.25, 0.3) is 11.2 Å². The van der Waals surface area contributed by atoms with E-state index in [4.69, 9.17) is 0 Å². The number of halogens is 4. The van der Waals surface area contributed by atoms with E-state index in [0.29, 0.717) is 5.56 Å². The number of rotatable bonds is 5. The molecule has 0 bridgehead atoms. The van der Waals surface area contributed by atoms with Crippen molar-refractivity contribution < 1.29 is 17.6 Å². The molecule has 0 aliphatic carbocycles. The molecule has 1 N–H and O–H groups in total. The number of hydrogen-bond donors (Lipinski definition) is 1. The third kappa shape index (κ3) is 3.61. The molecule has 4 rings (SSSR count). The van der Waals surface area contributed by atoms with Crippen LogP contribution < -0.4 is 11.1 Å². The lowest BCUT2D eigenvalue weighted by Crippen LogP contribution is -2.26. The molecule has 0 saturated carbocycles. The van der Waals surface area contributed by atoms with Gasteiger partial charge in [0, 0.05) is 23.6 Å². The van der Waals surface area contributed by atoms with Gasteiger partial charge in [0.05, 0.1) is 11.9 Å². The molecule has 0 radical (unpaired) electrons. The van der Waals surface area contributed by atoms with Gasteiger partial charge < -0.3 is 4.98 Å². The number of thioether (sulfide) groups is 1. The highest BCUT2D eigenvalue weighted by Gasteiger charge is 2.19. The first-order valence-electron chi connectivity index (χ1n) is 8.40. The van der Waals surface area contributed by atoms with Crippen LogP contribution in [0.5, 0.6) is 0 Å². The minimum atomic E-state index is -2.59. The Morgan fingerprint density at radius 3 is 2.50 bits per heavy atom. The normalized spacial score (nSPS) is 11.5. The first-order chi connectivity index (χ1) is 14.3. The van der Waals surface area contributed by atoms with Gasteiger partial charge in [0.2, 0.25) is 0 Å². The maximum atomic E-state index is 14.0. The van der Waals surface area contributed by atoms with Gasteiger partial charge in [-0.3, -0.25) is 14.2 Å². The van der Waals surface area contributed by atoms with Crippen molar-refractivity contribution in [1.82, 2.24) is 24.4 Å². The van der Waals surface area contributed by atoms with Gasteiger partial charge in [-0.1, -0.05) is 36.0 Å². The molecular formula is C18H11F4N5O2S. The number of nitrogens with one attached hydrogen (secondary N) is 1. The Hall–Kier alpha value is -3.41. The van der Waals surface area contributed by atoms with Gasteiger partial charge >= 0.3 is 0 Å². The van der Waals surface area contributed by atoms with E-state index < -0.39 is 34.7 Å². The molecule has 3 heterocycles. The van der Waals surface area contributed by atoms with E-state index in [1.54, 1.807) is 0 Å². The topological polar surface area (TPSA) is 85.1 Å². The summed E-state index contributed by atoms with van der Waals surface area (Å²) in [6.07, 6.45) is -0.675. The fourth-order valence-corrected chi connectivity index (χ4v) is 3.65. The predicted molar refractivity (Wildman–Crippen MR) is 100 cm³/mol. The second kappa shape index (κ2) is 7.78. The Labute approximate surface area is 169 Å². The number of nitrogens with zero attached hydrogens (tertiary/aromatic N) is 4. The molecule has 0 saturated heterocycles. The largest absolute Gasteiger partial charge is 0.324 e. The molecule has 12 heteroatoms. The summed E-state index contributed by atoms with van der Waals surface area (Å²) >= 11 is 1.02. The van der Waals surface area contributed by atoms with Gasteiger partial charge in [0.15, 0.2) is 22.3 Å². The van der Waals surface area contributed by atoms with Crippen molar-refractivity contribution in [3.63, 3.8) is 0 Å². The van der Waals surface area contributed by atoms with Crippen molar-refractivity contribution in [2.45, 2.75) is 17.3 Å². The van der Waals surface area contributed by atoms with E-state index >= 15 is 0 Å². The Balaban J connectivity index is 1.78. The minimum Gasteiger partial charge on any atom is -0.324 e. The maximum absolute atomic E-state index is 14.0. The van der Waals surface area contributed by atoms with Crippen LogP contribution in [0.15, 0.2) is 57.5 Å². The van der Waals surface area contributed by atoms with Crippen LogP contribution in [-0.4, -0.2) is 24.4 Å². The highest BCUT2D eigenvalue weighted by molar-refractivity contribution is 7.98. The molecule has 0 fully saturated rings. The first-order valence-corrected chi connectivity index (χ1v) is 9.38. The number of alkyl halides is 2. The van der Waals surface area contributed by atoms with E-state index in [1.807, 2.05) is 0 Å². The average Bonchev–Trinajstić information content (AvgIpc) is 3.10. The van der Waals surface area contributed by atoms with Gasteiger partial charge in [-0.2, -0.15) is 5.10 Å². The number of fused-ring (bicyclic) bond motifs is 1. The molecule has 0 aliphatic rings. The van der Waals surface area contributed by atoms with Crippen molar-refractivity contribution in [2.24, 2.45) is 0 Å². The Morgan fingerprint density at radius 2 is 1.83 bits per heavy atom. The maximum Gasteiger partial charge on any atom is 0.288 e. The van der Waals surface area contributed by atoms with Gasteiger partial charge in [-0.25, -0.2) is 17.6 Å². The third-order valence-electron chi connectivity index (χ3n) is 4.18. The second-order valence-corrected chi connectivity index (χ2v) is 7.06. The molecule has 0 aliphatic heterocycles. The lowest BCUT2D eigenvalue weighted by Gasteiger charge is -2.12. The zero-order chi connectivity index (χ0) is 21.4. The molecule has 30 heavy (non-hydrogen) atoms. The van der Waals surface area contributed by atoms with E-state index in [0.717, 1.165) is 39.4 Å². The molecule has 7 nitrogen and oxygen atoms in total. The summed E-state index contributed by atoms with van der Waals surface area (Å²) in [5.74, 6) is -1.83. The van der Waals surface area contributed by atoms with E-state index in [2.05, 4.69) is 15.2 Å². The quantitative estimate of drug-likeness (QED) is 0.383. The SMILES string of the molecule is O=c1[nH]cc(-n2c(SCc3ccc(C(F)F)cc3)nn3ncc(F)c3c2=O)cc1F. The second-order valence-electron chi connectivity index (χ2n) is 6.12. The van der Waals surface area contributed by atoms with Crippen molar-refractivity contribution in [3.05, 3.63) is 86.2 Å². The lowest BCUT2D eigenvalue weighted by molar-refractivity contribution is 0.151. The summed E-state index contributed by atoms with van der Waals surface area (Å²) in [5, 5.41) is 7.81. The van der Waals surface area contributed by atoms with Crippen molar-refractivity contribution >= 4 is 17.3 Å². The van der Waals surface area contributed by atoms with Crippen LogP contribution in [0, 0.1) is 11.6 Å². The first kappa shape index (κ1) is 19.9.